The molecule has 2 aliphatic heterocycles. The summed E-state index contributed by atoms with van der Waals surface area (Å²) in [6, 6.07) is 1.78. The molecule has 3 fully saturated rings. The highest BCUT2D eigenvalue weighted by atomic mass is 15.4. The summed E-state index contributed by atoms with van der Waals surface area (Å²) in [6.07, 6.45) is 8.75. The van der Waals surface area contributed by atoms with Crippen LogP contribution in [0.15, 0.2) is 6.33 Å². The first kappa shape index (κ1) is 15.6. The maximum atomic E-state index is 4.53. The molecular formula is C18H31N5. The quantitative estimate of drug-likeness (QED) is 0.858. The predicted molar refractivity (Wildman–Crippen MR) is 91.2 cm³/mol. The Bertz CT molecular complexity index is 542. The van der Waals surface area contributed by atoms with Crippen LogP contribution in [0.2, 0.25) is 0 Å². The zero-order valence-corrected chi connectivity index (χ0v) is 14.9. The molecule has 0 amide bonds. The first-order chi connectivity index (χ1) is 11.0. The third-order valence-electron chi connectivity index (χ3n) is 5.83. The van der Waals surface area contributed by atoms with Crippen molar-refractivity contribution in [1.29, 1.82) is 0 Å². The van der Waals surface area contributed by atoms with E-state index in [2.05, 4.69) is 45.3 Å². The minimum atomic E-state index is 0.0117. The number of nitrogens with zero attached hydrogens (tertiary/aromatic N) is 5. The van der Waals surface area contributed by atoms with Crippen LogP contribution >= 0.6 is 0 Å². The Morgan fingerprint density at radius 2 is 1.96 bits per heavy atom. The Kier molecular flexibility index (Phi) is 3.96. The lowest BCUT2D eigenvalue weighted by atomic mass is 9.83. The molecule has 1 saturated carbocycles. The van der Waals surface area contributed by atoms with Crippen LogP contribution in [0.5, 0.6) is 0 Å². The van der Waals surface area contributed by atoms with Crippen LogP contribution in [-0.4, -0.2) is 56.3 Å². The lowest BCUT2D eigenvalue weighted by molar-refractivity contribution is 0.0139. The topological polar surface area (TPSA) is 37.2 Å². The van der Waals surface area contributed by atoms with E-state index in [9.17, 15) is 0 Å². The van der Waals surface area contributed by atoms with Gasteiger partial charge in [0, 0.05) is 25.2 Å². The van der Waals surface area contributed by atoms with E-state index < -0.39 is 0 Å². The molecule has 0 radical (unpaired) electrons. The van der Waals surface area contributed by atoms with E-state index in [1.54, 1.807) is 6.33 Å². The minimum absolute atomic E-state index is 0.0117. The van der Waals surface area contributed by atoms with Crippen molar-refractivity contribution < 1.29 is 0 Å². The molecule has 1 aromatic rings. The SMILES string of the molecule is CC(C)(C)n1ncnc1CN1CC[C@@H]2[C@@H](CCCN2C2CC2)C1. The summed E-state index contributed by atoms with van der Waals surface area (Å²) in [4.78, 5) is 10.00. The van der Waals surface area contributed by atoms with Gasteiger partial charge in [-0.1, -0.05) is 0 Å². The Balaban J connectivity index is 1.42. The molecule has 0 bridgehead atoms. The highest BCUT2D eigenvalue weighted by Gasteiger charge is 2.42. The number of piperidine rings is 2. The van der Waals surface area contributed by atoms with Crippen LogP contribution in [0, 0.1) is 5.92 Å². The second-order valence-corrected chi connectivity index (χ2v) is 8.72. The van der Waals surface area contributed by atoms with E-state index in [0.717, 1.165) is 30.4 Å². The highest BCUT2D eigenvalue weighted by Crippen LogP contribution is 2.38. The van der Waals surface area contributed by atoms with Crippen molar-refractivity contribution in [2.45, 2.75) is 77.0 Å². The summed E-state index contributed by atoms with van der Waals surface area (Å²) in [5, 5.41) is 4.45. The maximum Gasteiger partial charge on any atom is 0.141 e. The van der Waals surface area contributed by atoms with Gasteiger partial charge in [-0.2, -0.15) is 5.10 Å². The summed E-state index contributed by atoms with van der Waals surface area (Å²) >= 11 is 0. The van der Waals surface area contributed by atoms with Gasteiger partial charge in [-0.25, -0.2) is 9.67 Å². The molecule has 3 aliphatic rings. The molecule has 23 heavy (non-hydrogen) atoms. The van der Waals surface area contributed by atoms with Gasteiger partial charge >= 0.3 is 0 Å². The second-order valence-electron chi connectivity index (χ2n) is 8.72. The number of aromatic nitrogens is 3. The molecule has 0 aromatic carbocycles. The summed E-state index contributed by atoms with van der Waals surface area (Å²) in [5.74, 6) is 1.98. The van der Waals surface area contributed by atoms with Gasteiger partial charge in [0.1, 0.15) is 12.2 Å². The van der Waals surface area contributed by atoms with Gasteiger partial charge in [-0.05, 0) is 65.3 Å². The fourth-order valence-electron chi connectivity index (χ4n) is 4.65. The van der Waals surface area contributed by atoms with Crippen molar-refractivity contribution in [3.05, 3.63) is 12.2 Å². The monoisotopic (exact) mass is 317 g/mol. The summed E-state index contributed by atoms with van der Waals surface area (Å²) < 4.78 is 2.09. The van der Waals surface area contributed by atoms with Crippen LogP contribution in [0.4, 0.5) is 0 Å². The average molecular weight is 317 g/mol. The first-order valence-corrected chi connectivity index (χ1v) is 9.40. The molecule has 2 atom stereocenters. The normalized spacial score (nSPS) is 30.4. The van der Waals surface area contributed by atoms with Gasteiger partial charge in [0.25, 0.3) is 0 Å². The molecule has 0 N–H and O–H groups in total. The molecule has 4 rings (SSSR count). The second kappa shape index (κ2) is 5.85. The van der Waals surface area contributed by atoms with E-state index >= 15 is 0 Å². The van der Waals surface area contributed by atoms with Crippen molar-refractivity contribution in [3.8, 4) is 0 Å². The number of rotatable bonds is 3. The van der Waals surface area contributed by atoms with Crippen LogP contribution in [-0.2, 0) is 12.1 Å². The van der Waals surface area contributed by atoms with Gasteiger partial charge in [0.2, 0.25) is 0 Å². The molecule has 1 aliphatic carbocycles. The van der Waals surface area contributed by atoms with Crippen molar-refractivity contribution in [2.24, 2.45) is 5.92 Å². The lowest BCUT2D eigenvalue weighted by Crippen LogP contribution is -2.54. The highest BCUT2D eigenvalue weighted by molar-refractivity contribution is 4.98. The number of hydrogen-bond donors (Lipinski definition) is 0. The summed E-state index contributed by atoms with van der Waals surface area (Å²) in [5.41, 5.74) is 0.0117. The third-order valence-corrected chi connectivity index (χ3v) is 5.83. The van der Waals surface area contributed by atoms with Crippen molar-refractivity contribution in [3.63, 3.8) is 0 Å². The van der Waals surface area contributed by atoms with E-state index in [0.29, 0.717) is 0 Å². The number of hydrogen-bond acceptors (Lipinski definition) is 4. The zero-order chi connectivity index (χ0) is 16.0. The Hall–Kier alpha value is -0.940. The van der Waals surface area contributed by atoms with Gasteiger partial charge < -0.3 is 0 Å². The standard InChI is InChI=1S/C18H31N5/c1-18(2,3)23-17(19-13-20-23)12-21-10-8-16-14(11-21)5-4-9-22(16)15-6-7-15/h13-16H,4-12H2,1-3H3/t14-,16+/m0/s1. The van der Waals surface area contributed by atoms with Crippen molar-refractivity contribution >= 4 is 0 Å². The van der Waals surface area contributed by atoms with Crippen LogP contribution in [0.3, 0.4) is 0 Å². The van der Waals surface area contributed by atoms with E-state index in [-0.39, 0.29) is 5.54 Å². The number of fused-ring (bicyclic) bond motifs is 1. The van der Waals surface area contributed by atoms with Crippen LogP contribution < -0.4 is 0 Å². The van der Waals surface area contributed by atoms with E-state index in [1.807, 2.05) is 0 Å². The number of likely N-dealkylation sites (tertiary alicyclic amines) is 2. The predicted octanol–water partition coefficient (Wildman–Crippen LogP) is 2.48. The van der Waals surface area contributed by atoms with Crippen molar-refractivity contribution in [2.75, 3.05) is 19.6 Å². The van der Waals surface area contributed by atoms with E-state index in [4.69, 9.17) is 0 Å². The van der Waals surface area contributed by atoms with Gasteiger partial charge in [0.05, 0.1) is 12.1 Å². The first-order valence-electron chi connectivity index (χ1n) is 9.40. The molecule has 0 unspecified atom stereocenters. The molecule has 3 heterocycles. The molecule has 5 heteroatoms. The largest absolute Gasteiger partial charge is 0.297 e. The fourth-order valence-corrected chi connectivity index (χ4v) is 4.65. The molecule has 128 valence electrons. The fraction of sp³-hybridized carbons (Fsp3) is 0.889. The van der Waals surface area contributed by atoms with E-state index in [1.165, 1.54) is 51.7 Å². The molecular weight excluding hydrogens is 286 g/mol. The van der Waals surface area contributed by atoms with Gasteiger partial charge in [-0.3, -0.25) is 9.80 Å². The smallest absolute Gasteiger partial charge is 0.141 e. The summed E-state index contributed by atoms with van der Waals surface area (Å²) in [6.45, 7) is 11.4. The maximum absolute atomic E-state index is 4.53. The van der Waals surface area contributed by atoms with Crippen molar-refractivity contribution in [1.82, 2.24) is 24.6 Å². The van der Waals surface area contributed by atoms with Gasteiger partial charge in [0.15, 0.2) is 0 Å². The Morgan fingerprint density at radius 1 is 1.13 bits per heavy atom. The van der Waals surface area contributed by atoms with Crippen LogP contribution in [0.25, 0.3) is 0 Å². The summed E-state index contributed by atoms with van der Waals surface area (Å²) in [7, 11) is 0. The minimum Gasteiger partial charge on any atom is -0.297 e. The Morgan fingerprint density at radius 3 is 2.70 bits per heavy atom. The zero-order valence-electron chi connectivity index (χ0n) is 14.9. The molecule has 2 saturated heterocycles. The Labute approximate surface area is 140 Å². The molecule has 5 nitrogen and oxygen atoms in total. The average Bonchev–Trinajstić information content (AvgIpc) is 3.24. The molecule has 1 aromatic heterocycles. The van der Waals surface area contributed by atoms with Crippen LogP contribution in [0.1, 0.15) is 58.7 Å². The molecule has 0 spiro atoms. The van der Waals surface area contributed by atoms with Gasteiger partial charge in [-0.15, -0.1) is 0 Å². The lowest BCUT2D eigenvalue weighted by Gasteiger charge is -2.47. The third kappa shape index (κ3) is 3.18.